The van der Waals surface area contributed by atoms with Gasteiger partial charge in [0.1, 0.15) is 10.9 Å². The molecular formula is C16H15ClN2O2. The summed E-state index contributed by atoms with van der Waals surface area (Å²) in [6.45, 7) is 1.16. The van der Waals surface area contributed by atoms with Gasteiger partial charge in [0, 0.05) is 13.1 Å². The van der Waals surface area contributed by atoms with Crippen LogP contribution in [0.5, 0.6) is 5.75 Å². The van der Waals surface area contributed by atoms with Crippen molar-refractivity contribution in [2.75, 3.05) is 7.11 Å². The molecular weight excluding hydrogens is 288 g/mol. The molecule has 0 saturated heterocycles. The van der Waals surface area contributed by atoms with Gasteiger partial charge in [-0.25, -0.2) is 4.98 Å². The number of fused-ring (bicyclic) bond motifs is 1. The first kappa shape index (κ1) is 13.9. The van der Waals surface area contributed by atoms with E-state index in [4.69, 9.17) is 16.3 Å². The molecule has 0 bridgehead atoms. The van der Waals surface area contributed by atoms with Gasteiger partial charge in [0.05, 0.1) is 19.2 Å². The Morgan fingerprint density at radius 3 is 2.71 bits per heavy atom. The molecule has 1 aliphatic rings. The van der Waals surface area contributed by atoms with Crippen LogP contribution >= 0.6 is 11.6 Å². The van der Waals surface area contributed by atoms with Crippen LogP contribution in [0.2, 0.25) is 5.15 Å². The predicted molar refractivity (Wildman–Crippen MR) is 80.2 cm³/mol. The molecule has 1 amide bonds. The SMILES string of the molecule is COc1ccc(CN2Cc3ccc(Cl)nc3CC2=O)cc1. The van der Waals surface area contributed by atoms with Crippen molar-refractivity contribution >= 4 is 17.5 Å². The summed E-state index contributed by atoms with van der Waals surface area (Å²) in [6, 6.07) is 11.5. The van der Waals surface area contributed by atoms with Crippen LogP contribution in [0.3, 0.4) is 0 Å². The molecule has 1 aliphatic heterocycles. The topological polar surface area (TPSA) is 42.4 Å². The largest absolute Gasteiger partial charge is 0.497 e. The molecule has 0 N–H and O–H groups in total. The third kappa shape index (κ3) is 3.00. The Hall–Kier alpha value is -2.07. The van der Waals surface area contributed by atoms with E-state index in [0.29, 0.717) is 24.7 Å². The lowest BCUT2D eigenvalue weighted by molar-refractivity contribution is -0.132. The van der Waals surface area contributed by atoms with Crippen molar-refractivity contribution in [3.05, 3.63) is 58.4 Å². The van der Waals surface area contributed by atoms with Crippen LogP contribution in [0.25, 0.3) is 0 Å². The number of pyridine rings is 1. The lowest BCUT2D eigenvalue weighted by Gasteiger charge is -2.28. The van der Waals surface area contributed by atoms with Crippen LogP contribution in [-0.4, -0.2) is 22.9 Å². The first-order valence-electron chi connectivity index (χ1n) is 6.71. The second-order valence-corrected chi connectivity index (χ2v) is 5.40. The lowest BCUT2D eigenvalue weighted by Crippen LogP contribution is -2.36. The van der Waals surface area contributed by atoms with Crippen molar-refractivity contribution in [1.82, 2.24) is 9.88 Å². The summed E-state index contributed by atoms with van der Waals surface area (Å²) in [7, 11) is 1.64. The number of halogens is 1. The van der Waals surface area contributed by atoms with Gasteiger partial charge in [-0.05, 0) is 29.3 Å². The molecule has 3 rings (SSSR count). The number of rotatable bonds is 3. The summed E-state index contributed by atoms with van der Waals surface area (Å²) in [5, 5.41) is 0.435. The number of amides is 1. The van der Waals surface area contributed by atoms with Crippen LogP contribution in [0.4, 0.5) is 0 Å². The highest BCUT2D eigenvalue weighted by molar-refractivity contribution is 6.29. The fraction of sp³-hybridized carbons (Fsp3) is 0.250. The molecule has 5 heteroatoms. The van der Waals surface area contributed by atoms with Crippen molar-refractivity contribution in [1.29, 1.82) is 0 Å². The zero-order valence-corrected chi connectivity index (χ0v) is 12.4. The van der Waals surface area contributed by atoms with Gasteiger partial charge in [-0.15, -0.1) is 0 Å². The monoisotopic (exact) mass is 302 g/mol. The molecule has 4 nitrogen and oxygen atoms in total. The van der Waals surface area contributed by atoms with E-state index < -0.39 is 0 Å². The van der Waals surface area contributed by atoms with E-state index in [2.05, 4.69) is 4.98 Å². The van der Waals surface area contributed by atoms with Crippen LogP contribution in [-0.2, 0) is 24.3 Å². The summed E-state index contributed by atoms with van der Waals surface area (Å²) < 4.78 is 5.14. The third-order valence-corrected chi connectivity index (χ3v) is 3.81. The summed E-state index contributed by atoms with van der Waals surface area (Å²) in [4.78, 5) is 18.3. The quantitative estimate of drug-likeness (QED) is 0.819. The van der Waals surface area contributed by atoms with Crippen molar-refractivity contribution in [3.63, 3.8) is 0 Å². The minimum atomic E-state index is 0.0769. The number of carbonyl (C=O) groups is 1. The molecule has 0 spiro atoms. The van der Waals surface area contributed by atoms with Crippen LogP contribution in [0.1, 0.15) is 16.8 Å². The molecule has 0 atom stereocenters. The standard InChI is InChI=1S/C16H15ClN2O2/c1-21-13-5-2-11(3-6-13)9-19-10-12-4-7-15(17)18-14(12)8-16(19)20/h2-7H,8-10H2,1H3. The molecule has 0 fully saturated rings. The van der Waals surface area contributed by atoms with Gasteiger partial charge in [-0.2, -0.15) is 0 Å². The Kier molecular flexibility index (Phi) is 3.80. The molecule has 1 aromatic heterocycles. The molecule has 0 aliphatic carbocycles. The van der Waals surface area contributed by atoms with Gasteiger partial charge >= 0.3 is 0 Å². The highest BCUT2D eigenvalue weighted by Crippen LogP contribution is 2.22. The average Bonchev–Trinajstić information content (AvgIpc) is 2.49. The number of nitrogens with zero attached hydrogens (tertiary/aromatic N) is 2. The number of carbonyl (C=O) groups excluding carboxylic acids is 1. The maximum absolute atomic E-state index is 12.2. The fourth-order valence-electron chi connectivity index (χ4n) is 2.44. The summed E-state index contributed by atoms with van der Waals surface area (Å²) in [6.07, 6.45) is 0.312. The number of aromatic nitrogens is 1. The first-order chi connectivity index (χ1) is 10.2. The van der Waals surface area contributed by atoms with Crippen molar-refractivity contribution in [2.24, 2.45) is 0 Å². The summed E-state index contributed by atoms with van der Waals surface area (Å²) in [5.74, 6) is 0.890. The Labute approximate surface area is 128 Å². The highest BCUT2D eigenvalue weighted by Gasteiger charge is 2.24. The molecule has 108 valence electrons. The van der Waals surface area contributed by atoms with Gasteiger partial charge in [0.25, 0.3) is 0 Å². The second kappa shape index (κ2) is 5.74. The minimum absolute atomic E-state index is 0.0769. The van der Waals surface area contributed by atoms with Crippen LogP contribution in [0, 0.1) is 0 Å². The smallest absolute Gasteiger partial charge is 0.229 e. The zero-order chi connectivity index (χ0) is 14.8. The van der Waals surface area contributed by atoms with E-state index in [1.165, 1.54) is 0 Å². The van der Waals surface area contributed by atoms with Crippen LogP contribution < -0.4 is 4.74 Å². The summed E-state index contributed by atoms with van der Waals surface area (Å²) in [5.41, 5.74) is 2.93. The van der Waals surface area contributed by atoms with E-state index in [0.717, 1.165) is 22.6 Å². The second-order valence-electron chi connectivity index (χ2n) is 5.01. The van der Waals surface area contributed by atoms with E-state index in [1.807, 2.05) is 35.2 Å². The Morgan fingerprint density at radius 2 is 2.00 bits per heavy atom. The van der Waals surface area contributed by atoms with Gasteiger partial charge in [-0.3, -0.25) is 4.79 Å². The number of methoxy groups -OCH3 is 1. The predicted octanol–water partition coefficient (Wildman–Crippen LogP) is 2.83. The number of ether oxygens (including phenoxy) is 1. The lowest BCUT2D eigenvalue weighted by atomic mass is 10.0. The maximum Gasteiger partial charge on any atom is 0.229 e. The van der Waals surface area contributed by atoms with E-state index in [-0.39, 0.29) is 5.91 Å². The fourth-order valence-corrected chi connectivity index (χ4v) is 2.61. The van der Waals surface area contributed by atoms with E-state index >= 15 is 0 Å². The first-order valence-corrected chi connectivity index (χ1v) is 7.08. The maximum atomic E-state index is 12.2. The molecule has 0 saturated carbocycles. The van der Waals surface area contributed by atoms with Gasteiger partial charge in [-0.1, -0.05) is 29.8 Å². The molecule has 21 heavy (non-hydrogen) atoms. The molecule has 0 unspecified atom stereocenters. The van der Waals surface area contributed by atoms with E-state index in [9.17, 15) is 4.79 Å². The Balaban J connectivity index is 1.77. The molecule has 1 aromatic carbocycles. The van der Waals surface area contributed by atoms with Crippen molar-refractivity contribution in [3.8, 4) is 5.75 Å². The molecule has 2 heterocycles. The van der Waals surface area contributed by atoms with Crippen LogP contribution in [0.15, 0.2) is 36.4 Å². The number of benzene rings is 1. The van der Waals surface area contributed by atoms with Crippen molar-refractivity contribution in [2.45, 2.75) is 19.5 Å². The normalized spacial score (nSPS) is 14.0. The van der Waals surface area contributed by atoms with Gasteiger partial charge < -0.3 is 9.64 Å². The molecule has 2 aromatic rings. The number of hydrogen-bond donors (Lipinski definition) is 0. The average molecular weight is 303 g/mol. The third-order valence-electron chi connectivity index (χ3n) is 3.60. The van der Waals surface area contributed by atoms with Gasteiger partial charge in [0.2, 0.25) is 5.91 Å². The highest BCUT2D eigenvalue weighted by atomic mass is 35.5. The summed E-state index contributed by atoms with van der Waals surface area (Å²) >= 11 is 5.87. The van der Waals surface area contributed by atoms with Gasteiger partial charge in [0.15, 0.2) is 0 Å². The van der Waals surface area contributed by atoms with Crippen molar-refractivity contribution < 1.29 is 9.53 Å². The van der Waals surface area contributed by atoms with E-state index in [1.54, 1.807) is 13.2 Å². The zero-order valence-electron chi connectivity index (χ0n) is 11.7. The minimum Gasteiger partial charge on any atom is -0.497 e. The number of hydrogen-bond acceptors (Lipinski definition) is 3. The Bertz CT molecular complexity index is 670. The Morgan fingerprint density at radius 1 is 1.24 bits per heavy atom. The molecule has 0 radical (unpaired) electrons.